The maximum absolute atomic E-state index is 13.0. The first kappa shape index (κ1) is 19.9. The van der Waals surface area contributed by atoms with Crippen molar-refractivity contribution < 1.29 is 14.3 Å². The third kappa shape index (κ3) is 3.51. The Morgan fingerprint density at radius 3 is 2.70 bits per heavy atom. The number of piperidine rings is 1. The number of nitrogens with one attached hydrogen (secondary N) is 1. The molecular weight excluding hydrogens is 386 g/mol. The number of aromatic nitrogens is 4. The summed E-state index contributed by atoms with van der Waals surface area (Å²) in [5.74, 6) is -0.314. The van der Waals surface area contributed by atoms with Crippen LogP contribution in [0, 0.1) is 13.8 Å². The predicted molar refractivity (Wildman–Crippen MR) is 110 cm³/mol. The zero-order valence-corrected chi connectivity index (χ0v) is 17.3. The number of amides is 1. The number of hydrogen-bond donors (Lipinski definition) is 1. The van der Waals surface area contributed by atoms with Crippen LogP contribution in [0.15, 0.2) is 29.2 Å². The molecule has 1 fully saturated rings. The van der Waals surface area contributed by atoms with Gasteiger partial charge in [0.15, 0.2) is 5.65 Å². The molecule has 1 N–H and O–H groups in total. The van der Waals surface area contributed by atoms with Crippen molar-refractivity contribution in [2.24, 2.45) is 0 Å². The molecule has 158 valence electrons. The van der Waals surface area contributed by atoms with Crippen LogP contribution in [-0.2, 0) is 16.0 Å². The number of methoxy groups -OCH3 is 1. The van der Waals surface area contributed by atoms with Gasteiger partial charge in [-0.3, -0.25) is 14.7 Å². The summed E-state index contributed by atoms with van der Waals surface area (Å²) in [7, 11) is 1.38. The third-order valence-electron chi connectivity index (χ3n) is 5.91. The minimum Gasteiger partial charge on any atom is -0.464 e. The van der Waals surface area contributed by atoms with Crippen LogP contribution >= 0.6 is 0 Å². The predicted octanol–water partition coefficient (Wildman–Crippen LogP) is 1.63. The smallest absolute Gasteiger partial charge is 0.354 e. The molecule has 4 rings (SSSR count). The molecule has 3 aromatic rings. The average Bonchev–Trinajstić information content (AvgIpc) is 3.37. The SMILES string of the molecule is COC(=O)c1cccn1C1CCN(C(=O)Cc2c(C)nc3cc(=O)[nH]n3c2C)CC1. The van der Waals surface area contributed by atoms with E-state index in [2.05, 4.69) is 10.1 Å². The van der Waals surface area contributed by atoms with Crippen molar-refractivity contribution in [2.75, 3.05) is 20.2 Å². The lowest BCUT2D eigenvalue weighted by Gasteiger charge is -2.33. The van der Waals surface area contributed by atoms with Gasteiger partial charge >= 0.3 is 5.97 Å². The van der Waals surface area contributed by atoms with Gasteiger partial charge in [-0.2, -0.15) is 0 Å². The number of ether oxygens (including phenoxy) is 1. The summed E-state index contributed by atoms with van der Waals surface area (Å²) in [4.78, 5) is 42.8. The molecule has 1 saturated heterocycles. The van der Waals surface area contributed by atoms with Crippen LogP contribution in [0.1, 0.15) is 46.3 Å². The molecule has 0 spiro atoms. The van der Waals surface area contributed by atoms with Gasteiger partial charge in [0.2, 0.25) is 5.91 Å². The number of aromatic amines is 1. The number of carbonyl (C=O) groups excluding carboxylic acids is 2. The zero-order chi connectivity index (χ0) is 21.4. The van der Waals surface area contributed by atoms with E-state index in [1.165, 1.54) is 13.2 Å². The van der Waals surface area contributed by atoms with Crippen LogP contribution in [-0.4, -0.2) is 56.1 Å². The number of hydrogen-bond acceptors (Lipinski definition) is 5. The van der Waals surface area contributed by atoms with Crippen LogP contribution in [0.3, 0.4) is 0 Å². The number of nitrogens with zero attached hydrogens (tertiary/aromatic N) is 4. The minimum atomic E-state index is -0.351. The summed E-state index contributed by atoms with van der Waals surface area (Å²) in [6, 6.07) is 5.19. The first-order valence-electron chi connectivity index (χ1n) is 10.00. The second-order valence-corrected chi connectivity index (χ2v) is 7.66. The van der Waals surface area contributed by atoms with Crippen molar-refractivity contribution in [3.05, 3.63) is 57.4 Å². The summed E-state index contributed by atoms with van der Waals surface area (Å²) in [6.45, 7) is 4.99. The number of H-pyrrole nitrogens is 1. The van der Waals surface area contributed by atoms with E-state index < -0.39 is 0 Å². The van der Waals surface area contributed by atoms with Gasteiger partial charge in [0, 0.05) is 48.3 Å². The average molecular weight is 411 g/mol. The summed E-state index contributed by atoms with van der Waals surface area (Å²) in [6.07, 6.45) is 3.66. The fourth-order valence-corrected chi connectivity index (χ4v) is 4.26. The molecular formula is C21H25N5O4. The van der Waals surface area contributed by atoms with Crippen LogP contribution in [0.5, 0.6) is 0 Å². The van der Waals surface area contributed by atoms with Crippen LogP contribution < -0.4 is 5.56 Å². The molecule has 1 aliphatic heterocycles. The van der Waals surface area contributed by atoms with Gasteiger partial charge in [-0.05, 0) is 38.8 Å². The molecule has 30 heavy (non-hydrogen) atoms. The first-order valence-corrected chi connectivity index (χ1v) is 10.00. The van der Waals surface area contributed by atoms with Gasteiger partial charge in [-0.25, -0.2) is 14.3 Å². The number of likely N-dealkylation sites (tertiary alicyclic amines) is 1. The van der Waals surface area contributed by atoms with Crippen molar-refractivity contribution in [3.63, 3.8) is 0 Å². The highest BCUT2D eigenvalue weighted by Gasteiger charge is 2.27. The molecule has 0 atom stereocenters. The van der Waals surface area contributed by atoms with E-state index in [4.69, 9.17) is 4.74 Å². The number of aryl methyl sites for hydroxylation is 2. The van der Waals surface area contributed by atoms with Gasteiger partial charge in [0.25, 0.3) is 5.56 Å². The number of esters is 1. The highest BCUT2D eigenvalue weighted by atomic mass is 16.5. The van der Waals surface area contributed by atoms with E-state index in [9.17, 15) is 14.4 Å². The van der Waals surface area contributed by atoms with Gasteiger partial charge in [-0.15, -0.1) is 0 Å². The molecule has 0 radical (unpaired) electrons. The summed E-state index contributed by atoms with van der Waals surface area (Å²) in [5.41, 5.74) is 3.28. The van der Waals surface area contributed by atoms with Crippen LogP contribution in [0.2, 0.25) is 0 Å². The lowest BCUT2D eigenvalue weighted by molar-refractivity contribution is -0.131. The van der Waals surface area contributed by atoms with Crippen molar-refractivity contribution in [2.45, 2.75) is 39.2 Å². The van der Waals surface area contributed by atoms with Gasteiger partial charge < -0.3 is 14.2 Å². The van der Waals surface area contributed by atoms with E-state index in [0.717, 1.165) is 29.8 Å². The van der Waals surface area contributed by atoms with Crippen LogP contribution in [0.25, 0.3) is 5.65 Å². The summed E-state index contributed by atoms with van der Waals surface area (Å²) in [5, 5.41) is 2.72. The normalized spacial score (nSPS) is 15.0. The Morgan fingerprint density at radius 2 is 2.00 bits per heavy atom. The van der Waals surface area contributed by atoms with Crippen molar-refractivity contribution in [1.82, 2.24) is 24.1 Å². The van der Waals surface area contributed by atoms with Crippen molar-refractivity contribution in [1.29, 1.82) is 0 Å². The quantitative estimate of drug-likeness (QED) is 0.658. The van der Waals surface area contributed by atoms with E-state index in [0.29, 0.717) is 24.4 Å². The lowest BCUT2D eigenvalue weighted by Crippen LogP contribution is -2.40. The second kappa shape index (κ2) is 7.81. The summed E-state index contributed by atoms with van der Waals surface area (Å²) >= 11 is 0. The zero-order valence-electron chi connectivity index (χ0n) is 17.3. The highest BCUT2D eigenvalue weighted by Crippen LogP contribution is 2.26. The molecule has 9 heteroatoms. The molecule has 0 bridgehead atoms. The Kier molecular flexibility index (Phi) is 5.19. The third-order valence-corrected chi connectivity index (χ3v) is 5.91. The Labute approximate surface area is 173 Å². The largest absolute Gasteiger partial charge is 0.464 e. The first-order chi connectivity index (χ1) is 14.4. The Hall–Kier alpha value is -3.36. The Bertz CT molecular complexity index is 1160. The molecule has 0 aromatic carbocycles. The number of fused-ring (bicyclic) bond motifs is 1. The summed E-state index contributed by atoms with van der Waals surface area (Å²) < 4.78 is 8.43. The molecule has 3 aromatic heterocycles. The maximum Gasteiger partial charge on any atom is 0.354 e. The van der Waals surface area contributed by atoms with E-state index >= 15 is 0 Å². The molecule has 0 saturated carbocycles. The highest BCUT2D eigenvalue weighted by molar-refractivity contribution is 5.87. The van der Waals surface area contributed by atoms with Crippen molar-refractivity contribution in [3.8, 4) is 0 Å². The minimum absolute atomic E-state index is 0.0380. The number of carbonyl (C=O) groups is 2. The standard InChI is InChI=1S/C21H25N5O4/c1-13-16(14(2)26-18(22-13)12-19(27)23-26)11-20(28)24-9-6-15(7-10-24)25-8-4-5-17(25)21(29)30-3/h4-5,8,12,15H,6-7,9-11H2,1-3H3,(H,23,27). The lowest BCUT2D eigenvalue weighted by atomic mass is 10.0. The Balaban J connectivity index is 1.46. The number of rotatable bonds is 4. The monoisotopic (exact) mass is 411 g/mol. The fraction of sp³-hybridized carbons (Fsp3) is 0.429. The van der Waals surface area contributed by atoms with Crippen molar-refractivity contribution >= 4 is 17.5 Å². The van der Waals surface area contributed by atoms with Gasteiger partial charge in [-0.1, -0.05) is 0 Å². The molecule has 1 amide bonds. The topological polar surface area (TPSA) is 102 Å². The van der Waals surface area contributed by atoms with E-state index in [1.807, 2.05) is 35.6 Å². The molecule has 0 unspecified atom stereocenters. The molecule has 1 aliphatic rings. The molecule has 9 nitrogen and oxygen atoms in total. The molecule has 0 aliphatic carbocycles. The van der Waals surface area contributed by atoms with Gasteiger partial charge in [0.05, 0.1) is 13.5 Å². The molecule has 4 heterocycles. The Morgan fingerprint density at radius 1 is 1.27 bits per heavy atom. The van der Waals surface area contributed by atoms with Crippen LogP contribution in [0.4, 0.5) is 0 Å². The second-order valence-electron chi connectivity index (χ2n) is 7.66. The fourth-order valence-electron chi connectivity index (χ4n) is 4.26. The van der Waals surface area contributed by atoms with E-state index in [-0.39, 0.29) is 29.9 Å². The van der Waals surface area contributed by atoms with E-state index in [1.54, 1.807) is 10.6 Å². The van der Waals surface area contributed by atoms with Gasteiger partial charge in [0.1, 0.15) is 5.69 Å². The maximum atomic E-state index is 13.0.